The number of aromatic hydroxyl groups is 2. The van der Waals surface area contributed by atoms with Crippen LogP contribution in [0.25, 0.3) is 11.1 Å². The third-order valence-electron chi connectivity index (χ3n) is 3.83. The lowest BCUT2D eigenvalue weighted by Crippen LogP contribution is -1.95. The van der Waals surface area contributed by atoms with E-state index in [2.05, 4.69) is 10.2 Å². The van der Waals surface area contributed by atoms with E-state index in [1.807, 2.05) is 0 Å². The van der Waals surface area contributed by atoms with Crippen molar-refractivity contribution in [2.24, 2.45) is 10.2 Å². The predicted octanol–water partition coefficient (Wildman–Crippen LogP) is 5.00. The highest BCUT2D eigenvalue weighted by atomic mass is 16.6. The van der Waals surface area contributed by atoms with Crippen molar-refractivity contribution < 1.29 is 20.1 Å². The van der Waals surface area contributed by atoms with E-state index in [1.165, 1.54) is 36.4 Å². The van der Waals surface area contributed by atoms with E-state index >= 15 is 0 Å². The highest BCUT2D eigenvalue weighted by Crippen LogP contribution is 2.43. The first-order valence-electron chi connectivity index (χ1n) is 7.83. The second kappa shape index (κ2) is 7.50. The van der Waals surface area contributed by atoms with Gasteiger partial charge in [-0.15, -0.1) is 10.2 Å². The molecule has 0 atom stereocenters. The highest BCUT2D eigenvalue weighted by Gasteiger charge is 2.23. The average Bonchev–Trinajstić information content (AvgIpc) is 2.67. The van der Waals surface area contributed by atoms with Gasteiger partial charge in [0, 0.05) is 11.6 Å². The summed E-state index contributed by atoms with van der Waals surface area (Å²) in [5.74, 6) is -0.436. The van der Waals surface area contributed by atoms with Crippen LogP contribution < -0.4 is 0 Å². The van der Waals surface area contributed by atoms with Crippen molar-refractivity contribution in [3.05, 3.63) is 80.9 Å². The fraction of sp³-hybridized carbons (Fsp3) is 0. The molecule has 0 unspecified atom stereocenters. The standard InChI is InChI=1S/C18H12N4O6/c23-16-6-2-1-5-14(16)19-20-18-13(4-3-7-17(18)24)12-9-8-11(21(25)26)10-15(12)22(27)28/h1-10,23-24H. The Morgan fingerprint density at radius 1 is 0.750 bits per heavy atom. The zero-order valence-corrected chi connectivity index (χ0v) is 14.1. The van der Waals surface area contributed by atoms with Crippen LogP contribution in [0.3, 0.4) is 0 Å². The Bertz CT molecular complexity index is 1110. The van der Waals surface area contributed by atoms with E-state index in [-0.39, 0.29) is 34.0 Å². The molecule has 0 radical (unpaired) electrons. The maximum atomic E-state index is 11.4. The minimum atomic E-state index is -0.754. The summed E-state index contributed by atoms with van der Waals surface area (Å²) in [5.41, 5.74) is -0.720. The van der Waals surface area contributed by atoms with Gasteiger partial charge < -0.3 is 10.2 Å². The molecule has 0 aliphatic heterocycles. The van der Waals surface area contributed by atoms with Crippen LogP contribution in [0, 0.1) is 20.2 Å². The summed E-state index contributed by atoms with van der Waals surface area (Å²) in [7, 11) is 0. The number of azo groups is 1. The Kier molecular flexibility index (Phi) is 4.94. The van der Waals surface area contributed by atoms with Crippen LogP contribution in [0.5, 0.6) is 11.5 Å². The molecule has 2 N–H and O–H groups in total. The average molecular weight is 380 g/mol. The summed E-state index contributed by atoms with van der Waals surface area (Å²) >= 11 is 0. The number of phenols is 2. The number of nitro benzene ring substituents is 2. The van der Waals surface area contributed by atoms with E-state index < -0.39 is 21.2 Å². The minimum Gasteiger partial charge on any atom is -0.506 e. The number of phenolic OH excluding ortho intramolecular Hbond substituents is 2. The molecule has 0 heterocycles. The van der Waals surface area contributed by atoms with Gasteiger partial charge in [-0.3, -0.25) is 20.2 Å². The van der Waals surface area contributed by atoms with E-state index in [1.54, 1.807) is 12.1 Å². The Labute approximate surface area is 157 Å². The van der Waals surface area contributed by atoms with Crippen LogP contribution in [0.15, 0.2) is 70.9 Å². The molecule has 0 fully saturated rings. The molecule has 0 spiro atoms. The Morgan fingerprint density at radius 2 is 1.46 bits per heavy atom. The molecule has 10 heteroatoms. The number of rotatable bonds is 5. The van der Waals surface area contributed by atoms with Crippen molar-refractivity contribution >= 4 is 22.7 Å². The monoisotopic (exact) mass is 380 g/mol. The number of hydrogen-bond acceptors (Lipinski definition) is 8. The molecule has 0 aliphatic rings. The third-order valence-corrected chi connectivity index (χ3v) is 3.83. The van der Waals surface area contributed by atoms with Gasteiger partial charge in [-0.1, -0.05) is 24.3 Å². The van der Waals surface area contributed by atoms with Gasteiger partial charge in [-0.05, 0) is 24.3 Å². The number of hydrogen-bond donors (Lipinski definition) is 2. The normalized spacial score (nSPS) is 10.9. The largest absolute Gasteiger partial charge is 0.506 e. The molecule has 0 amide bonds. The van der Waals surface area contributed by atoms with Gasteiger partial charge in [-0.2, -0.15) is 0 Å². The van der Waals surface area contributed by atoms with Gasteiger partial charge in [0.1, 0.15) is 22.9 Å². The molecular weight excluding hydrogens is 368 g/mol. The van der Waals surface area contributed by atoms with Gasteiger partial charge in [-0.25, -0.2) is 0 Å². The first kappa shape index (κ1) is 18.5. The molecule has 140 valence electrons. The molecule has 10 nitrogen and oxygen atoms in total. The second-order valence-electron chi connectivity index (χ2n) is 5.58. The number of benzene rings is 3. The number of para-hydroxylation sites is 1. The topological polar surface area (TPSA) is 151 Å². The molecule has 0 aromatic heterocycles. The fourth-order valence-corrected chi connectivity index (χ4v) is 2.52. The number of non-ortho nitro benzene ring substituents is 1. The molecule has 3 rings (SSSR count). The minimum absolute atomic E-state index is 0.0257. The first-order valence-corrected chi connectivity index (χ1v) is 7.83. The van der Waals surface area contributed by atoms with Crippen LogP contribution in [0.4, 0.5) is 22.7 Å². The summed E-state index contributed by atoms with van der Waals surface area (Å²) in [6.07, 6.45) is 0. The molecule has 3 aromatic carbocycles. The lowest BCUT2D eigenvalue weighted by atomic mass is 10.0. The van der Waals surface area contributed by atoms with Crippen LogP contribution in [-0.4, -0.2) is 20.1 Å². The van der Waals surface area contributed by atoms with Gasteiger partial charge in [0.2, 0.25) is 0 Å². The van der Waals surface area contributed by atoms with E-state index in [0.29, 0.717) is 0 Å². The van der Waals surface area contributed by atoms with E-state index in [9.17, 15) is 30.4 Å². The summed E-state index contributed by atoms with van der Waals surface area (Å²) in [6, 6.07) is 13.5. The van der Waals surface area contributed by atoms with Gasteiger partial charge >= 0.3 is 0 Å². The Morgan fingerprint density at radius 3 is 2.14 bits per heavy atom. The van der Waals surface area contributed by atoms with Gasteiger partial charge in [0.05, 0.1) is 21.5 Å². The van der Waals surface area contributed by atoms with Crippen molar-refractivity contribution in [1.29, 1.82) is 0 Å². The number of nitro groups is 2. The van der Waals surface area contributed by atoms with Crippen LogP contribution >= 0.6 is 0 Å². The van der Waals surface area contributed by atoms with Crippen molar-refractivity contribution in [2.45, 2.75) is 0 Å². The zero-order valence-electron chi connectivity index (χ0n) is 14.1. The maximum absolute atomic E-state index is 11.4. The summed E-state index contributed by atoms with van der Waals surface area (Å²) in [4.78, 5) is 20.9. The SMILES string of the molecule is O=[N+]([O-])c1ccc(-c2cccc(O)c2N=Nc2ccccc2O)c([N+](=O)[O-])c1. The van der Waals surface area contributed by atoms with Crippen molar-refractivity contribution in [3.63, 3.8) is 0 Å². The summed E-state index contributed by atoms with van der Waals surface area (Å²) in [5, 5.41) is 50.1. The molecule has 0 bridgehead atoms. The van der Waals surface area contributed by atoms with Crippen molar-refractivity contribution in [1.82, 2.24) is 0 Å². The zero-order chi connectivity index (χ0) is 20.3. The fourth-order valence-electron chi connectivity index (χ4n) is 2.52. The van der Waals surface area contributed by atoms with Gasteiger partial charge in [0.25, 0.3) is 11.4 Å². The lowest BCUT2D eigenvalue weighted by Gasteiger charge is -2.08. The van der Waals surface area contributed by atoms with Crippen molar-refractivity contribution in [2.75, 3.05) is 0 Å². The molecule has 0 saturated heterocycles. The van der Waals surface area contributed by atoms with Crippen molar-refractivity contribution in [3.8, 4) is 22.6 Å². The molecular formula is C18H12N4O6. The quantitative estimate of drug-likeness (QED) is 0.361. The van der Waals surface area contributed by atoms with E-state index in [0.717, 1.165) is 12.1 Å². The molecule has 0 saturated carbocycles. The maximum Gasteiger partial charge on any atom is 0.284 e. The van der Waals surface area contributed by atoms with Crippen LogP contribution in [-0.2, 0) is 0 Å². The number of nitrogens with zero attached hydrogens (tertiary/aromatic N) is 4. The van der Waals surface area contributed by atoms with E-state index in [4.69, 9.17) is 0 Å². The summed E-state index contributed by atoms with van der Waals surface area (Å²) in [6.45, 7) is 0. The second-order valence-corrected chi connectivity index (χ2v) is 5.58. The Hall–Kier alpha value is -4.34. The smallest absolute Gasteiger partial charge is 0.284 e. The summed E-state index contributed by atoms with van der Waals surface area (Å²) < 4.78 is 0. The first-order chi connectivity index (χ1) is 13.4. The molecule has 3 aromatic rings. The Balaban J connectivity index is 2.17. The molecule has 28 heavy (non-hydrogen) atoms. The molecule has 0 aliphatic carbocycles. The lowest BCUT2D eigenvalue weighted by molar-refractivity contribution is -0.393. The van der Waals surface area contributed by atoms with Crippen LogP contribution in [0.1, 0.15) is 0 Å². The third kappa shape index (κ3) is 3.60. The highest BCUT2D eigenvalue weighted by molar-refractivity contribution is 5.85. The predicted molar refractivity (Wildman–Crippen MR) is 99.1 cm³/mol. The van der Waals surface area contributed by atoms with Gasteiger partial charge in [0.15, 0.2) is 0 Å². The van der Waals surface area contributed by atoms with Crippen LogP contribution in [0.2, 0.25) is 0 Å².